The molecule has 3 saturated heterocycles. The van der Waals surface area contributed by atoms with Crippen molar-refractivity contribution in [3.63, 3.8) is 0 Å². The first-order valence-electron chi connectivity index (χ1n) is 17.7. The summed E-state index contributed by atoms with van der Waals surface area (Å²) in [5, 5.41) is 13.5. The number of rotatable bonds is 8. The largest absolute Gasteiger partial charge is 1.00 e. The summed E-state index contributed by atoms with van der Waals surface area (Å²) in [5.74, 6) is 0.783. The van der Waals surface area contributed by atoms with Crippen molar-refractivity contribution in [1.29, 1.82) is 0 Å². The van der Waals surface area contributed by atoms with Gasteiger partial charge in [-0.05, 0) is 76.2 Å². The molecule has 0 saturated carbocycles. The normalized spacial score (nSPS) is 21.7. The standard InChI is InChI=1S/C45H40F3N2O.BrH/c1-2-31-29-50(28-30-23-36(32-11-5-3-6-12-32)25-37(24-30)33-13-7-4-8-14-33)22-21-35(31)26-43(50)44(51)40-27-42(49-41-16-10-9-15-39(40)41)34-17-19-38(20-18-34)45(46,47)48;/h2-20,23-25,27,31,35,43-44,51H,1,21-22,26,28-29H2;1H/q+1;/p-1/t31?,35?,43?,44?,50-;/m1./s1. The van der Waals surface area contributed by atoms with Crippen molar-refractivity contribution >= 4 is 10.9 Å². The van der Waals surface area contributed by atoms with Gasteiger partial charge < -0.3 is 26.6 Å². The fourth-order valence-electron chi connectivity index (χ4n) is 8.75. The molecular weight excluding hydrogens is 721 g/mol. The lowest BCUT2D eigenvalue weighted by molar-refractivity contribution is -0.984. The highest BCUT2D eigenvalue weighted by Gasteiger charge is 2.54. The van der Waals surface area contributed by atoms with Crippen LogP contribution < -0.4 is 17.0 Å². The Labute approximate surface area is 313 Å². The second-order valence-electron chi connectivity index (χ2n) is 14.3. The van der Waals surface area contributed by atoms with E-state index in [1.807, 2.05) is 42.5 Å². The molecule has 264 valence electrons. The lowest BCUT2D eigenvalue weighted by atomic mass is 9.71. The number of aliphatic hydroxyl groups excluding tert-OH is 1. The van der Waals surface area contributed by atoms with Gasteiger partial charge in [0.05, 0.1) is 29.9 Å². The number of aromatic nitrogens is 1. The molecule has 0 radical (unpaired) electrons. The summed E-state index contributed by atoms with van der Waals surface area (Å²) in [4.78, 5) is 4.85. The van der Waals surface area contributed by atoms with Crippen molar-refractivity contribution in [2.75, 3.05) is 13.1 Å². The van der Waals surface area contributed by atoms with E-state index in [-0.39, 0.29) is 23.0 Å². The number of aliphatic hydroxyl groups is 1. The summed E-state index contributed by atoms with van der Waals surface area (Å²) in [5.41, 5.74) is 7.77. The number of fused-ring (bicyclic) bond motifs is 4. The Balaban J connectivity index is 0.00000420. The minimum absolute atomic E-state index is 0. The van der Waals surface area contributed by atoms with Crippen LogP contribution >= 0.6 is 0 Å². The highest BCUT2D eigenvalue weighted by molar-refractivity contribution is 5.85. The van der Waals surface area contributed by atoms with Gasteiger partial charge in [0.15, 0.2) is 0 Å². The minimum atomic E-state index is -4.42. The Kier molecular flexibility index (Phi) is 9.96. The Morgan fingerprint density at radius 3 is 2.00 bits per heavy atom. The Morgan fingerprint density at radius 2 is 1.38 bits per heavy atom. The van der Waals surface area contributed by atoms with Crippen LogP contribution in [0.5, 0.6) is 0 Å². The molecule has 3 fully saturated rings. The van der Waals surface area contributed by atoms with Gasteiger partial charge in [-0.15, -0.1) is 6.58 Å². The Bertz CT molecular complexity index is 2130. The first kappa shape index (κ1) is 35.8. The number of alkyl halides is 3. The number of halogens is 4. The summed E-state index contributed by atoms with van der Waals surface area (Å²) in [6.45, 7) is 6.83. The van der Waals surface area contributed by atoms with Crippen LogP contribution in [0, 0.1) is 11.8 Å². The average Bonchev–Trinajstić information content (AvgIpc) is 3.17. The maximum atomic E-state index is 13.4. The van der Waals surface area contributed by atoms with E-state index in [4.69, 9.17) is 4.98 Å². The molecule has 1 aromatic heterocycles. The number of benzene rings is 5. The van der Waals surface area contributed by atoms with E-state index in [1.54, 1.807) is 0 Å². The van der Waals surface area contributed by atoms with Gasteiger partial charge in [-0.1, -0.05) is 97.1 Å². The van der Waals surface area contributed by atoms with Gasteiger partial charge in [0.2, 0.25) is 0 Å². The van der Waals surface area contributed by atoms with Gasteiger partial charge in [0, 0.05) is 35.3 Å². The highest BCUT2D eigenvalue weighted by atomic mass is 79.9. The minimum Gasteiger partial charge on any atom is -1.00 e. The number of piperidine rings is 3. The van der Waals surface area contributed by atoms with E-state index in [0.29, 0.717) is 28.6 Å². The Hall–Kier alpha value is -4.56. The van der Waals surface area contributed by atoms with E-state index >= 15 is 0 Å². The fourth-order valence-corrected chi connectivity index (χ4v) is 8.75. The molecule has 2 bridgehead atoms. The summed E-state index contributed by atoms with van der Waals surface area (Å²) in [6.07, 6.45) is -1.20. The summed E-state index contributed by atoms with van der Waals surface area (Å²) >= 11 is 0. The third-order valence-corrected chi connectivity index (χ3v) is 11.3. The first-order chi connectivity index (χ1) is 24.7. The van der Waals surface area contributed by atoms with Crippen molar-refractivity contribution in [3.05, 3.63) is 163 Å². The Morgan fingerprint density at radius 1 is 0.769 bits per heavy atom. The first-order valence-corrected chi connectivity index (χ1v) is 17.7. The van der Waals surface area contributed by atoms with Gasteiger partial charge in [0.25, 0.3) is 0 Å². The quantitative estimate of drug-likeness (QED) is 0.127. The van der Waals surface area contributed by atoms with Crippen molar-refractivity contribution in [3.8, 4) is 33.5 Å². The number of quaternary nitrogens is 1. The number of hydrogen-bond acceptors (Lipinski definition) is 2. The smallest absolute Gasteiger partial charge is 0.416 e. The number of para-hydroxylation sites is 1. The van der Waals surface area contributed by atoms with Crippen LogP contribution in [-0.2, 0) is 12.7 Å². The van der Waals surface area contributed by atoms with Gasteiger partial charge in [-0.2, -0.15) is 13.2 Å². The van der Waals surface area contributed by atoms with E-state index in [2.05, 4.69) is 79.4 Å². The van der Waals surface area contributed by atoms with Gasteiger partial charge >= 0.3 is 6.18 Å². The molecule has 4 unspecified atom stereocenters. The zero-order chi connectivity index (χ0) is 35.2. The third-order valence-electron chi connectivity index (χ3n) is 11.3. The van der Waals surface area contributed by atoms with Crippen molar-refractivity contribution in [1.82, 2.24) is 4.98 Å². The molecule has 0 amide bonds. The van der Waals surface area contributed by atoms with Crippen LogP contribution in [0.3, 0.4) is 0 Å². The van der Waals surface area contributed by atoms with Crippen molar-refractivity contribution in [2.24, 2.45) is 11.8 Å². The van der Waals surface area contributed by atoms with Gasteiger partial charge in [-0.3, -0.25) is 0 Å². The second-order valence-corrected chi connectivity index (χ2v) is 14.3. The van der Waals surface area contributed by atoms with Crippen LogP contribution in [0.15, 0.2) is 146 Å². The predicted molar refractivity (Wildman–Crippen MR) is 198 cm³/mol. The van der Waals surface area contributed by atoms with E-state index in [1.165, 1.54) is 17.7 Å². The van der Waals surface area contributed by atoms with Crippen molar-refractivity contribution in [2.45, 2.75) is 37.7 Å². The van der Waals surface area contributed by atoms with E-state index in [0.717, 1.165) is 82.3 Å². The molecule has 0 spiro atoms. The molecule has 3 aliphatic rings. The molecule has 5 aromatic carbocycles. The zero-order valence-corrected chi connectivity index (χ0v) is 30.3. The lowest BCUT2D eigenvalue weighted by Crippen LogP contribution is -3.00. The van der Waals surface area contributed by atoms with Gasteiger partial charge in [-0.25, -0.2) is 4.98 Å². The van der Waals surface area contributed by atoms with Crippen LogP contribution in [-0.4, -0.2) is 33.7 Å². The third kappa shape index (κ3) is 6.85. The molecule has 3 nitrogen and oxygen atoms in total. The van der Waals surface area contributed by atoms with Crippen LogP contribution in [0.1, 0.15) is 35.6 Å². The molecule has 7 heteroatoms. The molecule has 4 heterocycles. The van der Waals surface area contributed by atoms with Gasteiger partial charge in [0.1, 0.15) is 18.7 Å². The summed E-state index contributed by atoms with van der Waals surface area (Å²) in [6, 6.07) is 42.5. The fraction of sp³-hybridized carbons (Fsp3) is 0.222. The number of nitrogens with zero attached hydrogens (tertiary/aromatic N) is 2. The topological polar surface area (TPSA) is 33.1 Å². The predicted octanol–water partition coefficient (Wildman–Crippen LogP) is 7.90. The lowest BCUT2D eigenvalue weighted by Gasteiger charge is -2.58. The monoisotopic (exact) mass is 760 g/mol. The molecular formula is C45H40BrF3N2O. The molecule has 5 atom stereocenters. The van der Waals surface area contributed by atoms with E-state index < -0.39 is 17.8 Å². The molecule has 1 N–H and O–H groups in total. The van der Waals surface area contributed by atoms with Crippen LogP contribution in [0.25, 0.3) is 44.4 Å². The second kappa shape index (κ2) is 14.5. The van der Waals surface area contributed by atoms with Crippen LogP contribution in [0.2, 0.25) is 0 Å². The molecule has 0 aliphatic carbocycles. The van der Waals surface area contributed by atoms with E-state index in [9.17, 15) is 18.3 Å². The maximum absolute atomic E-state index is 13.4. The average molecular weight is 762 g/mol. The summed E-state index contributed by atoms with van der Waals surface area (Å²) < 4.78 is 40.9. The zero-order valence-electron chi connectivity index (χ0n) is 28.7. The number of hydrogen-bond donors (Lipinski definition) is 1. The SMILES string of the molecule is C=CC1C[N@+]2(Cc3cc(-c4ccccc4)cc(-c4ccccc4)c3)CCC1CC2C(O)c1cc(-c2ccc(C(F)(F)F)cc2)nc2ccccc12.[Br-]. The van der Waals surface area contributed by atoms with Crippen LogP contribution in [0.4, 0.5) is 13.2 Å². The highest BCUT2D eigenvalue weighted by Crippen LogP contribution is 2.49. The molecule has 3 aliphatic heterocycles. The molecule has 52 heavy (non-hydrogen) atoms. The maximum Gasteiger partial charge on any atom is 0.416 e. The van der Waals surface area contributed by atoms with Crippen molar-refractivity contribution < 1.29 is 39.7 Å². The molecule has 6 aromatic rings. The molecule has 9 rings (SSSR count). The number of pyridine rings is 1. The summed E-state index contributed by atoms with van der Waals surface area (Å²) in [7, 11) is 0.